The molecule has 144 valence electrons. The third kappa shape index (κ3) is 5.99. The molecule has 2 heterocycles. The summed E-state index contributed by atoms with van der Waals surface area (Å²) in [5, 5.41) is 16.5. The molecule has 0 aromatic carbocycles. The predicted molar refractivity (Wildman–Crippen MR) is 107 cm³/mol. The van der Waals surface area contributed by atoms with Crippen molar-refractivity contribution < 1.29 is 14.6 Å². The molecule has 0 amide bonds. The van der Waals surface area contributed by atoms with Crippen LogP contribution in [0.15, 0.2) is 11.4 Å². The molecular weight excluding hydrogens is 346 g/mol. The Bertz CT molecular complexity index is 638. The Kier molecular flexibility index (Phi) is 6.29. The molecule has 1 aliphatic carbocycles. The number of thiophene rings is 1. The molecule has 0 radical (unpaired) electrons. The molecule has 26 heavy (non-hydrogen) atoms. The van der Waals surface area contributed by atoms with Crippen LogP contribution in [0.2, 0.25) is 0 Å². The minimum atomic E-state index is -0.682. The van der Waals surface area contributed by atoms with Crippen molar-refractivity contribution in [2.45, 2.75) is 70.6 Å². The van der Waals surface area contributed by atoms with Crippen LogP contribution in [0, 0.1) is 17.3 Å². The fraction of sp³-hybridized carbons (Fsp3) is 0.714. The monoisotopic (exact) mass is 377 g/mol. The van der Waals surface area contributed by atoms with Gasteiger partial charge in [-0.1, -0.05) is 11.8 Å². The van der Waals surface area contributed by atoms with E-state index >= 15 is 0 Å². The average molecular weight is 378 g/mol. The van der Waals surface area contributed by atoms with E-state index in [1.165, 1.54) is 0 Å². The fourth-order valence-corrected chi connectivity index (χ4v) is 4.02. The molecule has 2 fully saturated rings. The molecule has 1 saturated heterocycles. The van der Waals surface area contributed by atoms with E-state index in [0.29, 0.717) is 19.3 Å². The Morgan fingerprint density at radius 3 is 2.77 bits per heavy atom. The smallest absolute Gasteiger partial charge is 0.0881 e. The second-order valence-electron chi connectivity index (χ2n) is 8.64. The number of nitrogens with one attached hydrogen (secondary N) is 1. The van der Waals surface area contributed by atoms with Gasteiger partial charge in [-0.05, 0) is 58.9 Å². The van der Waals surface area contributed by atoms with Crippen molar-refractivity contribution in [3.05, 3.63) is 16.3 Å². The van der Waals surface area contributed by atoms with Gasteiger partial charge in [0.15, 0.2) is 0 Å². The summed E-state index contributed by atoms with van der Waals surface area (Å²) < 4.78 is 11.2. The first kappa shape index (κ1) is 19.7. The summed E-state index contributed by atoms with van der Waals surface area (Å²) in [7, 11) is 0. The van der Waals surface area contributed by atoms with Gasteiger partial charge in [-0.3, -0.25) is 0 Å². The van der Waals surface area contributed by atoms with Crippen molar-refractivity contribution in [1.29, 1.82) is 0 Å². The lowest BCUT2D eigenvalue weighted by atomic mass is 9.82. The zero-order valence-electron chi connectivity index (χ0n) is 16.1. The van der Waals surface area contributed by atoms with Crippen LogP contribution in [0.5, 0.6) is 0 Å². The second kappa shape index (κ2) is 8.31. The van der Waals surface area contributed by atoms with Crippen molar-refractivity contribution in [1.82, 2.24) is 0 Å². The van der Waals surface area contributed by atoms with Gasteiger partial charge < -0.3 is 19.9 Å². The van der Waals surface area contributed by atoms with Crippen LogP contribution in [0.3, 0.4) is 0 Å². The van der Waals surface area contributed by atoms with Crippen LogP contribution in [-0.4, -0.2) is 42.7 Å². The number of hydrogen-bond donors (Lipinski definition) is 2. The molecule has 0 unspecified atom stereocenters. The zero-order chi connectivity index (χ0) is 18.6. The third-order valence-corrected chi connectivity index (χ3v) is 5.77. The number of hydrogen-bond acceptors (Lipinski definition) is 5. The standard InChI is InChI=1S/C21H31NO3S/c1-20(2,3)8-6-19-12-17(14-26-19)22-16-4-9-21(23,10-5-16)15-25-18-7-11-24-13-18/h12,14,16,18,22-23H,4-5,7,9-11,13,15H2,1-3H3/t16-,18-,21+/m0/s1. The van der Waals surface area contributed by atoms with E-state index in [1.54, 1.807) is 11.3 Å². The van der Waals surface area contributed by atoms with Gasteiger partial charge in [0.25, 0.3) is 0 Å². The molecule has 2 aliphatic rings. The van der Waals surface area contributed by atoms with E-state index in [0.717, 1.165) is 49.3 Å². The number of ether oxygens (including phenoxy) is 2. The highest BCUT2D eigenvalue weighted by Gasteiger charge is 2.34. The lowest BCUT2D eigenvalue weighted by Gasteiger charge is -2.36. The Morgan fingerprint density at radius 1 is 1.35 bits per heavy atom. The van der Waals surface area contributed by atoms with Gasteiger partial charge in [0.2, 0.25) is 0 Å². The van der Waals surface area contributed by atoms with Crippen LogP contribution in [0.1, 0.15) is 57.8 Å². The number of rotatable bonds is 5. The maximum Gasteiger partial charge on any atom is 0.0881 e. The van der Waals surface area contributed by atoms with Crippen LogP contribution < -0.4 is 5.32 Å². The van der Waals surface area contributed by atoms with Crippen molar-refractivity contribution in [2.75, 3.05) is 25.1 Å². The van der Waals surface area contributed by atoms with Crippen molar-refractivity contribution in [3.8, 4) is 11.8 Å². The Labute approximate surface area is 161 Å². The Morgan fingerprint density at radius 2 is 2.12 bits per heavy atom. The van der Waals surface area contributed by atoms with Crippen LogP contribution in [0.25, 0.3) is 0 Å². The van der Waals surface area contributed by atoms with Crippen LogP contribution >= 0.6 is 11.3 Å². The van der Waals surface area contributed by atoms with E-state index in [1.807, 2.05) is 0 Å². The van der Waals surface area contributed by atoms with E-state index in [-0.39, 0.29) is 11.5 Å². The van der Waals surface area contributed by atoms with Gasteiger partial charge in [-0.2, -0.15) is 0 Å². The zero-order valence-corrected chi connectivity index (χ0v) is 17.0. The molecule has 1 saturated carbocycles. The van der Waals surface area contributed by atoms with Crippen molar-refractivity contribution >= 4 is 17.0 Å². The molecule has 1 atom stereocenters. The number of anilines is 1. The first-order valence-corrected chi connectivity index (χ1v) is 10.5. The summed E-state index contributed by atoms with van der Waals surface area (Å²) >= 11 is 1.68. The molecule has 5 heteroatoms. The molecule has 4 nitrogen and oxygen atoms in total. The van der Waals surface area contributed by atoms with Gasteiger partial charge in [0, 0.05) is 29.1 Å². The summed E-state index contributed by atoms with van der Waals surface area (Å²) in [6.07, 6.45) is 4.57. The van der Waals surface area contributed by atoms with Gasteiger partial charge in [0.05, 0.1) is 29.8 Å². The number of aliphatic hydroxyl groups is 1. The molecule has 0 bridgehead atoms. The summed E-state index contributed by atoms with van der Waals surface area (Å²) in [5.41, 5.74) is 0.486. The highest BCUT2D eigenvalue weighted by atomic mass is 32.1. The quantitative estimate of drug-likeness (QED) is 0.761. The molecular formula is C21H31NO3S. The highest BCUT2D eigenvalue weighted by molar-refractivity contribution is 7.11. The lowest BCUT2D eigenvalue weighted by molar-refractivity contribution is -0.0916. The minimum absolute atomic E-state index is 0.0259. The average Bonchev–Trinajstić information content (AvgIpc) is 3.25. The maximum absolute atomic E-state index is 10.8. The molecule has 2 N–H and O–H groups in total. The van der Waals surface area contributed by atoms with Crippen molar-refractivity contribution in [2.24, 2.45) is 5.41 Å². The Balaban J connectivity index is 1.44. The summed E-state index contributed by atoms with van der Waals surface area (Å²) in [4.78, 5) is 1.10. The summed E-state index contributed by atoms with van der Waals surface area (Å²) in [5.74, 6) is 6.54. The second-order valence-corrected chi connectivity index (χ2v) is 9.55. The fourth-order valence-electron chi connectivity index (χ4n) is 3.32. The van der Waals surface area contributed by atoms with E-state index in [4.69, 9.17) is 9.47 Å². The summed E-state index contributed by atoms with van der Waals surface area (Å²) in [6.45, 7) is 8.24. The van der Waals surface area contributed by atoms with E-state index < -0.39 is 5.60 Å². The van der Waals surface area contributed by atoms with Gasteiger partial charge in [-0.15, -0.1) is 11.3 Å². The van der Waals surface area contributed by atoms with Gasteiger partial charge in [0.1, 0.15) is 0 Å². The third-order valence-electron chi connectivity index (χ3n) is 4.92. The molecule has 1 aliphatic heterocycles. The van der Waals surface area contributed by atoms with E-state index in [9.17, 15) is 5.11 Å². The first-order chi connectivity index (χ1) is 12.3. The highest BCUT2D eigenvalue weighted by Crippen LogP contribution is 2.32. The lowest BCUT2D eigenvalue weighted by Crippen LogP contribution is -2.42. The largest absolute Gasteiger partial charge is 0.387 e. The van der Waals surface area contributed by atoms with Gasteiger partial charge >= 0.3 is 0 Å². The SMILES string of the molecule is CC(C)(C)C#Cc1cc(N[C@H]2CC[C@](O)(CO[C@H]3CCOC3)CC2)cs1. The molecule has 3 rings (SSSR count). The van der Waals surface area contributed by atoms with Gasteiger partial charge in [-0.25, -0.2) is 0 Å². The van der Waals surface area contributed by atoms with Crippen LogP contribution in [0.4, 0.5) is 5.69 Å². The molecule has 1 aromatic rings. The van der Waals surface area contributed by atoms with Crippen molar-refractivity contribution in [3.63, 3.8) is 0 Å². The normalized spacial score (nSPS) is 29.2. The topological polar surface area (TPSA) is 50.7 Å². The first-order valence-electron chi connectivity index (χ1n) is 9.61. The molecule has 1 aromatic heterocycles. The predicted octanol–water partition coefficient (Wildman–Crippen LogP) is 4.04. The van der Waals surface area contributed by atoms with E-state index in [2.05, 4.69) is 49.4 Å². The maximum atomic E-state index is 10.8. The summed E-state index contributed by atoms with van der Waals surface area (Å²) in [6, 6.07) is 2.54. The molecule has 0 spiro atoms. The van der Waals surface area contributed by atoms with Crippen LogP contribution in [-0.2, 0) is 9.47 Å². The Hall–Kier alpha value is -1.06. The minimum Gasteiger partial charge on any atom is -0.387 e.